The molecule has 0 heterocycles. The van der Waals surface area contributed by atoms with E-state index in [-0.39, 0.29) is 11.6 Å². The van der Waals surface area contributed by atoms with Crippen LogP contribution in [0.5, 0.6) is 0 Å². The van der Waals surface area contributed by atoms with Crippen molar-refractivity contribution in [2.75, 3.05) is 41.0 Å². The number of hydrogen-bond donors (Lipinski definition) is 1. The fraction of sp³-hybridized carbons (Fsp3) is 0.640. The lowest BCUT2D eigenvalue weighted by molar-refractivity contribution is -0.157. The van der Waals surface area contributed by atoms with Crippen LogP contribution >= 0.6 is 0 Å². The van der Waals surface area contributed by atoms with Crippen molar-refractivity contribution >= 4 is 20.4 Å². The first-order chi connectivity index (χ1) is 15.4. The fourth-order valence-electron chi connectivity index (χ4n) is 3.36. The number of carbonyl (C=O) groups is 1. The van der Waals surface area contributed by atoms with Crippen LogP contribution in [0, 0.1) is 0 Å². The molecule has 0 saturated carbocycles. The number of aliphatic hydroxyl groups is 1. The molecule has 0 amide bonds. The van der Waals surface area contributed by atoms with Crippen molar-refractivity contribution in [3.05, 3.63) is 41.5 Å². The second-order valence-electron chi connectivity index (χ2n) is 9.75. The van der Waals surface area contributed by atoms with E-state index in [1.165, 1.54) is 7.11 Å². The van der Waals surface area contributed by atoms with Gasteiger partial charge in [0, 0.05) is 20.8 Å². The topological polar surface area (TPSA) is 77.5 Å². The SMILES string of the molecule is COC(=O)C(C(C)O[Si](C)(C)C(C)(C)C)N(C/C(=C/c1ccccc1)CO)CC(OC)OC. The first kappa shape index (κ1) is 29.5. The van der Waals surface area contributed by atoms with Crippen molar-refractivity contribution in [3.63, 3.8) is 0 Å². The molecule has 8 heteroatoms. The predicted molar refractivity (Wildman–Crippen MR) is 134 cm³/mol. The second kappa shape index (κ2) is 13.4. The van der Waals surface area contributed by atoms with Gasteiger partial charge in [-0.2, -0.15) is 0 Å². The Labute approximate surface area is 200 Å². The molecule has 0 bridgehead atoms. The molecule has 0 aliphatic heterocycles. The van der Waals surface area contributed by atoms with E-state index in [9.17, 15) is 9.90 Å². The quantitative estimate of drug-likeness (QED) is 0.260. The average Bonchev–Trinajstić information content (AvgIpc) is 2.76. The Balaban J connectivity index is 3.36. The lowest BCUT2D eigenvalue weighted by Crippen LogP contribution is -2.56. The zero-order valence-electron chi connectivity index (χ0n) is 21.8. The minimum atomic E-state index is -2.16. The summed E-state index contributed by atoms with van der Waals surface area (Å²) < 4.78 is 22.6. The maximum absolute atomic E-state index is 13.0. The van der Waals surface area contributed by atoms with E-state index < -0.39 is 32.7 Å². The Morgan fingerprint density at radius 3 is 2.15 bits per heavy atom. The van der Waals surface area contributed by atoms with Gasteiger partial charge in [-0.05, 0) is 36.2 Å². The molecular formula is C25H43NO6Si. The maximum atomic E-state index is 13.0. The first-order valence-corrected chi connectivity index (χ1v) is 14.2. The monoisotopic (exact) mass is 481 g/mol. The third-order valence-corrected chi connectivity index (χ3v) is 10.8. The molecule has 0 aromatic heterocycles. The predicted octanol–water partition coefficient (Wildman–Crippen LogP) is 3.94. The van der Waals surface area contributed by atoms with Crippen LogP contribution in [-0.2, 0) is 23.4 Å². The molecule has 188 valence electrons. The molecule has 0 aliphatic rings. The summed E-state index contributed by atoms with van der Waals surface area (Å²) in [7, 11) is 2.33. The van der Waals surface area contributed by atoms with Gasteiger partial charge in [-0.1, -0.05) is 57.2 Å². The highest BCUT2D eigenvalue weighted by atomic mass is 28.4. The van der Waals surface area contributed by atoms with E-state index in [0.29, 0.717) is 13.1 Å². The summed E-state index contributed by atoms with van der Waals surface area (Å²) in [6, 6.07) is 9.05. The minimum absolute atomic E-state index is 0.0160. The maximum Gasteiger partial charge on any atom is 0.325 e. The number of aliphatic hydroxyl groups excluding tert-OH is 1. The highest BCUT2D eigenvalue weighted by molar-refractivity contribution is 6.74. The molecule has 1 N–H and O–H groups in total. The molecule has 0 aliphatic carbocycles. The van der Waals surface area contributed by atoms with Gasteiger partial charge in [0.05, 0.1) is 26.4 Å². The number of nitrogens with zero attached hydrogens (tertiary/aromatic N) is 1. The van der Waals surface area contributed by atoms with Gasteiger partial charge < -0.3 is 23.7 Å². The fourth-order valence-corrected chi connectivity index (χ4v) is 4.78. The second-order valence-corrected chi connectivity index (χ2v) is 14.5. The van der Waals surface area contributed by atoms with E-state index in [2.05, 4.69) is 33.9 Å². The number of rotatable bonds is 13. The van der Waals surface area contributed by atoms with Crippen molar-refractivity contribution in [3.8, 4) is 0 Å². The van der Waals surface area contributed by atoms with Gasteiger partial charge in [-0.15, -0.1) is 0 Å². The van der Waals surface area contributed by atoms with Gasteiger partial charge in [0.25, 0.3) is 0 Å². The van der Waals surface area contributed by atoms with Gasteiger partial charge in [0.15, 0.2) is 14.6 Å². The molecule has 7 nitrogen and oxygen atoms in total. The Kier molecular flexibility index (Phi) is 11.9. The summed E-state index contributed by atoms with van der Waals surface area (Å²) in [5.41, 5.74) is 1.72. The van der Waals surface area contributed by atoms with E-state index >= 15 is 0 Å². The zero-order valence-corrected chi connectivity index (χ0v) is 22.8. The summed E-state index contributed by atoms with van der Waals surface area (Å²) >= 11 is 0. The van der Waals surface area contributed by atoms with Crippen LogP contribution in [0.3, 0.4) is 0 Å². The minimum Gasteiger partial charge on any atom is -0.468 e. The van der Waals surface area contributed by atoms with Crippen LogP contribution in [0.1, 0.15) is 33.3 Å². The summed E-state index contributed by atoms with van der Waals surface area (Å²) in [4.78, 5) is 14.9. The van der Waals surface area contributed by atoms with Crippen molar-refractivity contribution in [2.45, 2.75) is 64.3 Å². The van der Waals surface area contributed by atoms with Gasteiger partial charge in [0.2, 0.25) is 0 Å². The largest absolute Gasteiger partial charge is 0.468 e. The molecule has 0 radical (unpaired) electrons. The third-order valence-electron chi connectivity index (χ3n) is 6.26. The number of carbonyl (C=O) groups excluding carboxylic acids is 1. The Morgan fingerprint density at radius 1 is 1.12 bits per heavy atom. The number of ether oxygens (including phenoxy) is 3. The van der Waals surface area contributed by atoms with E-state index in [1.54, 1.807) is 14.2 Å². The first-order valence-electron chi connectivity index (χ1n) is 11.3. The molecule has 33 heavy (non-hydrogen) atoms. The molecule has 2 atom stereocenters. The van der Waals surface area contributed by atoms with Crippen molar-refractivity contribution in [1.82, 2.24) is 4.90 Å². The highest BCUT2D eigenvalue weighted by Gasteiger charge is 2.43. The molecule has 1 aromatic rings. The van der Waals surface area contributed by atoms with Gasteiger partial charge in [0.1, 0.15) is 6.04 Å². The van der Waals surface area contributed by atoms with Crippen LogP contribution in [0.25, 0.3) is 6.08 Å². The summed E-state index contributed by atoms with van der Waals surface area (Å²) in [6.07, 6.45) is 0.924. The zero-order chi connectivity index (χ0) is 25.2. The van der Waals surface area contributed by atoms with Crippen LogP contribution in [0.4, 0.5) is 0 Å². The molecule has 0 saturated heterocycles. The molecule has 0 spiro atoms. The van der Waals surface area contributed by atoms with Crippen molar-refractivity contribution in [2.24, 2.45) is 0 Å². The highest BCUT2D eigenvalue weighted by Crippen LogP contribution is 2.38. The summed E-state index contributed by atoms with van der Waals surface area (Å²) in [6.45, 7) is 13.2. The van der Waals surface area contributed by atoms with Crippen LogP contribution in [0.2, 0.25) is 18.1 Å². The van der Waals surface area contributed by atoms with Gasteiger partial charge in [-0.3, -0.25) is 9.69 Å². The Bertz CT molecular complexity index is 743. The number of benzene rings is 1. The third kappa shape index (κ3) is 8.96. The summed E-state index contributed by atoms with van der Waals surface area (Å²) in [5, 5.41) is 10.1. The molecule has 2 unspecified atom stereocenters. The Hall–Kier alpha value is -1.55. The van der Waals surface area contributed by atoms with Crippen LogP contribution in [0.15, 0.2) is 35.9 Å². The standard InChI is InChI=1S/C25H43NO6Si/c1-19(32-33(8,9)25(2,3)4)23(24(28)31-7)26(17-22(29-5)30-6)16-21(18-27)15-20-13-11-10-12-14-20/h10-15,19,22-23,27H,16-18H2,1-9H3/b21-15-. The molecule has 0 fully saturated rings. The average molecular weight is 482 g/mol. The smallest absolute Gasteiger partial charge is 0.325 e. The van der Waals surface area contributed by atoms with Gasteiger partial charge >= 0.3 is 5.97 Å². The van der Waals surface area contributed by atoms with Crippen molar-refractivity contribution < 1.29 is 28.5 Å². The van der Waals surface area contributed by atoms with E-state index in [0.717, 1.165) is 11.1 Å². The number of hydrogen-bond acceptors (Lipinski definition) is 7. The van der Waals surface area contributed by atoms with E-state index in [1.807, 2.05) is 48.2 Å². The van der Waals surface area contributed by atoms with Gasteiger partial charge in [-0.25, -0.2) is 0 Å². The van der Waals surface area contributed by atoms with E-state index in [4.69, 9.17) is 18.6 Å². The van der Waals surface area contributed by atoms with Crippen LogP contribution in [-0.4, -0.2) is 83.8 Å². The van der Waals surface area contributed by atoms with Crippen molar-refractivity contribution in [1.29, 1.82) is 0 Å². The molecule has 1 rings (SSSR count). The molecule has 1 aromatic carbocycles. The lowest BCUT2D eigenvalue weighted by Gasteiger charge is -2.42. The number of esters is 1. The van der Waals surface area contributed by atoms with Crippen LogP contribution < -0.4 is 0 Å². The number of methoxy groups -OCH3 is 3. The molecular weight excluding hydrogens is 438 g/mol. The normalized spacial score (nSPS) is 15.1. The Morgan fingerprint density at radius 2 is 1.70 bits per heavy atom. The lowest BCUT2D eigenvalue weighted by atomic mass is 10.1. The summed E-state index contributed by atoms with van der Waals surface area (Å²) in [5.74, 6) is -0.399.